The molecule has 104 valence electrons. The van der Waals surface area contributed by atoms with E-state index in [-0.39, 0.29) is 11.0 Å². The van der Waals surface area contributed by atoms with Crippen molar-refractivity contribution >= 4 is 17.5 Å². The molecule has 2 N–H and O–H groups in total. The average Bonchev–Trinajstić information content (AvgIpc) is 2.95. The topological polar surface area (TPSA) is 64.7 Å². The number of benzene rings is 1. The Labute approximate surface area is 121 Å². The van der Waals surface area contributed by atoms with Crippen LogP contribution in [0.2, 0.25) is 5.02 Å². The van der Waals surface area contributed by atoms with Crippen LogP contribution in [-0.4, -0.2) is 15.0 Å². The molecule has 0 atom stereocenters. The lowest BCUT2D eigenvalue weighted by Gasteiger charge is -2.10. The van der Waals surface area contributed by atoms with Gasteiger partial charge in [0, 0.05) is 11.5 Å². The Bertz CT molecular complexity index is 641. The van der Waals surface area contributed by atoms with Crippen LogP contribution in [0, 0.1) is 5.82 Å². The van der Waals surface area contributed by atoms with E-state index in [1.807, 2.05) is 0 Å². The van der Waals surface area contributed by atoms with Gasteiger partial charge in [0.1, 0.15) is 11.6 Å². The van der Waals surface area contributed by atoms with Crippen molar-refractivity contribution in [3.63, 3.8) is 0 Å². The van der Waals surface area contributed by atoms with Gasteiger partial charge in [-0.05, 0) is 31.0 Å². The molecule has 6 heteroatoms. The number of aromatic nitrogens is 3. The Morgan fingerprint density at radius 3 is 2.60 bits per heavy atom. The molecule has 1 saturated carbocycles. The number of halogens is 2. The summed E-state index contributed by atoms with van der Waals surface area (Å²) in [7, 11) is 0. The van der Waals surface area contributed by atoms with Crippen molar-refractivity contribution in [1.29, 1.82) is 0 Å². The Balaban J connectivity index is 2.02. The summed E-state index contributed by atoms with van der Waals surface area (Å²) in [6, 6.07) is 4.39. The predicted molar refractivity (Wildman–Crippen MR) is 75.9 cm³/mol. The van der Waals surface area contributed by atoms with Gasteiger partial charge in [-0.15, -0.1) is 0 Å². The molecule has 0 bridgehead atoms. The molecule has 0 radical (unpaired) electrons. The van der Waals surface area contributed by atoms with Crippen molar-refractivity contribution in [2.24, 2.45) is 0 Å². The number of hydrogen-bond donors (Lipinski definition) is 1. The van der Waals surface area contributed by atoms with Gasteiger partial charge in [-0.1, -0.05) is 24.4 Å². The molecule has 1 heterocycles. The molecule has 1 fully saturated rings. The van der Waals surface area contributed by atoms with Crippen molar-refractivity contribution in [2.45, 2.75) is 31.6 Å². The van der Waals surface area contributed by atoms with Crippen LogP contribution in [0.4, 0.5) is 10.3 Å². The van der Waals surface area contributed by atoms with E-state index in [2.05, 4.69) is 15.0 Å². The second-order valence-corrected chi connectivity index (χ2v) is 5.39. The van der Waals surface area contributed by atoms with Crippen LogP contribution in [-0.2, 0) is 0 Å². The Hall–Kier alpha value is -1.75. The minimum atomic E-state index is -0.464. The van der Waals surface area contributed by atoms with Crippen LogP contribution < -0.4 is 5.73 Å². The molecular formula is C14H14ClFN4. The highest BCUT2D eigenvalue weighted by Crippen LogP contribution is 2.33. The van der Waals surface area contributed by atoms with E-state index in [0.717, 1.165) is 18.7 Å². The van der Waals surface area contributed by atoms with E-state index in [1.54, 1.807) is 6.07 Å². The van der Waals surface area contributed by atoms with Gasteiger partial charge in [0.25, 0.3) is 0 Å². The first-order chi connectivity index (χ1) is 9.63. The molecule has 0 spiro atoms. The van der Waals surface area contributed by atoms with Crippen molar-refractivity contribution < 1.29 is 4.39 Å². The molecule has 0 aliphatic heterocycles. The molecule has 0 amide bonds. The lowest BCUT2D eigenvalue weighted by atomic mass is 10.1. The van der Waals surface area contributed by atoms with E-state index >= 15 is 0 Å². The summed E-state index contributed by atoms with van der Waals surface area (Å²) in [6.45, 7) is 0. The van der Waals surface area contributed by atoms with Gasteiger partial charge >= 0.3 is 0 Å². The maximum Gasteiger partial charge on any atom is 0.223 e. The minimum absolute atomic E-state index is 0.0453. The van der Waals surface area contributed by atoms with E-state index in [9.17, 15) is 4.39 Å². The van der Waals surface area contributed by atoms with Gasteiger partial charge in [0.05, 0.1) is 5.02 Å². The first-order valence-electron chi connectivity index (χ1n) is 6.60. The van der Waals surface area contributed by atoms with Crippen LogP contribution >= 0.6 is 11.6 Å². The van der Waals surface area contributed by atoms with Crippen LogP contribution in [0.1, 0.15) is 37.4 Å². The maximum absolute atomic E-state index is 13.2. The van der Waals surface area contributed by atoms with Crippen molar-refractivity contribution in [3.8, 4) is 11.4 Å². The predicted octanol–water partition coefficient (Wildman–Crippen LogP) is 3.57. The Kier molecular flexibility index (Phi) is 3.53. The van der Waals surface area contributed by atoms with Crippen molar-refractivity contribution in [2.75, 3.05) is 5.73 Å². The second kappa shape index (κ2) is 5.32. The van der Waals surface area contributed by atoms with Gasteiger partial charge < -0.3 is 5.73 Å². The maximum atomic E-state index is 13.2. The minimum Gasteiger partial charge on any atom is -0.368 e. The zero-order valence-electron chi connectivity index (χ0n) is 10.8. The number of hydrogen-bond acceptors (Lipinski definition) is 4. The molecule has 0 unspecified atom stereocenters. The summed E-state index contributed by atoms with van der Waals surface area (Å²) in [5.74, 6) is 1.24. The van der Waals surface area contributed by atoms with Gasteiger partial charge in [-0.2, -0.15) is 9.97 Å². The van der Waals surface area contributed by atoms with Gasteiger partial charge in [0.15, 0.2) is 5.82 Å². The summed E-state index contributed by atoms with van der Waals surface area (Å²) in [6.07, 6.45) is 4.53. The third-order valence-corrected chi connectivity index (χ3v) is 3.86. The van der Waals surface area contributed by atoms with E-state index in [1.165, 1.54) is 25.0 Å². The summed E-state index contributed by atoms with van der Waals surface area (Å²) < 4.78 is 13.2. The molecule has 4 nitrogen and oxygen atoms in total. The normalized spacial score (nSPS) is 15.7. The molecule has 0 saturated heterocycles. The second-order valence-electron chi connectivity index (χ2n) is 4.99. The van der Waals surface area contributed by atoms with Gasteiger partial charge in [-0.25, -0.2) is 9.37 Å². The van der Waals surface area contributed by atoms with Crippen LogP contribution in [0.25, 0.3) is 11.4 Å². The summed E-state index contributed by atoms with van der Waals surface area (Å²) in [4.78, 5) is 12.8. The first kappa shape index (κ1) is 13.2. The number of nitrogens with two attached hydrogens (primary N) is 1. The zero-order chi connectivity index (χ0) is 14.1. The lowest BCUT2D eigenvalue weighted by Crippen LogP contribution is -2.07. The molecule has 1 aliphatic rings. The quantitative estimate of drug-likeness (QED) is 0.919. The molecule has 20 heavy (non-hydrogen) atoms. The Morgan fingerprint density at radius 1 is 1.15 bits per heavy atom. The Morgan fingerprint density at radius 2 is 1.90 bits per heavy atom. The highest BCUT2D eigenvalue weighted by atomic mass is 35.5. The zero-order valence-corrected chi connectivity index (χ0v) is 11.6. The van der Waals surface area contributed by atoms with E-state index < -0.39 is 5.82 Å². The molecule has 3 rings (SSSR count). The van der Waals surface area contributed by atoms with Crippen molar-refractivity contribution in [1.82, 2.24) is 15.0 Å². The summed E-state index contributed by atoms with van der Waals surface area (Å²) in [5, 5.41) is 0.0453. The first-order valence-corrected chi connectivity index (χ1v) is 6.98. The van der Waals surface area contributed by atoms with Crippen molar-refractivity contribution in [3.05, 3.63) is 34.9 Å². The monoisotopic (exact) mass is 292 g/mol. The van der Waals surface area contributed by atoms with Gasteiger partial charge in [0.2, 0.25) is 5.95 Å². The SMILES string of the molecule is Nc1nc(-c2ccc(F)c(Cl)c2)nc(C2CCCC2)n1. The fourth-order valence-corrected chi connectivity index (χ4v) is 2.72. The molecule has 1 aromatic heterocycles. The molecular weight excluding hydrogens is 279 g/mol. The number of rotatable bonds is 2. The van der Waals surface area contributed by atoms with Gasteiger partial charge in [-0.3, -0.25) is 0 Å². The average molecular weight is 293 g/mol. The summed E-state index contributed by atoms with van der Waals surface area (Å²) in [5.41, 5.74) is 6.41. The van der Waals surface area contributed by atoms with E-state index in [4.69, 9.17) is 17.3 Å². The standard InChI is InChI=1S/C14H14ClFN4/c15-10-7-9(5-6-11(10)16)13-18-12(19-14(17)20-13)8-3-1-2-4-8/h5-8H,1-4H2,(H2,17,18,19,20). The third-order valence-electron chi connectivity index (χ3n) is 3.57. The number of nitrogens with zero attached hydrogens (tertiary/aromatic N) is 3. The number of nitrogen functional groups attached to an aromatic ring is 1. The van der Waals surface area contributed by atoms with E-state index in [0.29, 0.717) is 17.3 Å². The molecule has 1 aromatic carbocycles. The summed E-state index contributed by atoms with van der Waals surface area (Å²) >= 11 is 5.79. The lowest BCUT2D eigenvalue weighted by molar-refractivity contribution is 0.628. The highest BCUT2D eigenvalue weighted by molar-refractivity contribution is 6.31. The molecule has 1 aliphatic carbocycles. The fraction of sp³-hybridized carbons (Fsp3) is 0.357. The highest BCUT2D eigenvalue weighted by Gasteiger charge is 2.21. The largest absolute Gasteiger partial charge is 0.368 e. The van der Waals surface area contributed by atoms with Crippen LogP contribution in [0.5, 0.6) is 0 Å². The fourth-order valence-electron chi connectivity index (χ4n) is 2.54. The van der Waals surface area contributed by atoms with Crippen LogP contribution in [0.15, 0.2) is 18.2 Å². The molecule has 2 aromatic rings. The third kappa shape index (κ3) is 2.58. The van der Waals surface area contributed by atoms with Crippen LogP contribution in [0.3, 0.4) is 0 Å². The smallest absolute Gasteiger partial charge is 0.223 e. The number of anilines is 1.